The van der Waals surface area contributed by atoms with Gasteiger partial charge in [-0.25, -0.2) is 0 Å². The second kappa shape index (κ2) is 5.74. The summed E-state index contributed by atoms with van der Waals surface area (Å²) in [6, 6.07) is 5.09. The van der Waals surface area contributed by atoms with Gasteiger partial charge in [-0.05, 0) is 17.5 Å². The maximum absolute atomic E-state index is 11.6. The highest BCUT2D eigenvalue weighted by atomic mass is 35.5. The Morgan fingerprint density at radius 1 is 1.24 bits per heavy atom. The van der Waals surface area contributed by atoms with Crippen molar-refractivity contribution in [2.75, 3.05) is 6.61 Å². The molecule has 0 aliphatic heterocycles. The minimum atomic E-state index is -0.0370. The van der Waals surface area contributed by atoms with Gasteiger partial charge in [0.15, 0.2) is 11.5 Å². The molecule has 0 aliphatic rings. The molecule has 0 unspecified atom stereocenters. The van der Waals surface area contributed by atoms with E-state index in [0.717, 1.165) is 0 Å². The Morgan fingerprint density at radius 2 is 1.76 bits per heavy atom. The van der Waals surface area contributed by atoms with Crippen LogP contribution in [-0.2, 0) is 4.79 Å². The molecule has 0 saturated heterocycles. The summed E-state index contributed by atoms with van der Waals surface area (Å²) in [4.78, 5) is 11.6. The van der Waals surface area contributed by atoms with Gasteiger partial charge in [0.05, 0.1) is 10.0 Å². The quantitative estimate of drug-likeness (QED) is 0.815. The molecule has 17 heavy (non-hydrogen) atoms. The smallest absolute Gasteiger partial charge is 0.170 e. The lowest BCUT2D eigenvalue weighted by Crippen LogP contribution is -2.19. The first-order chi connectivity index (χ1) is 7.79. The van der Waals surface area contributed by atoms with Crippen molar-refractivity contribution in [3.63, 3.8) is 0 Å². The summed E-state index contributed by atoms with van der Waals surface area (Å²) in [6.45, 7) is 6.02. The first-order valence-corrected chi connectivity index (χ1v) is 6.14. The highest BCUT2D eigenvalue weighted by molar-refractivity contribution is 6.37. The fourth-order valence-corrected chi connectivity index (χ4v) is 1.92. The number of rotatable bonds is 4. The van der Waals surface area contributed by atoms with Gasteiger partial charge in [0, 0.05) is 6.42 Å². The third kappa shape index (κ3) is 4.97. The van der Waals surface area contributed by atoms with Gasteiger partial charge in [0.25, 0.3) is 0 Å². The SMILES string of the molecule is CC(C)(C)CC(=O)COc1c(Cl)cccc1Cl. The topological polar surface area (TPSA) is 26.3 Å². The first kappa shape index (κ1) is 14.3. The predicted octanol–water partition coefficient (Wildman–Crippen LogP) is 4.38. The van der Waals surface area contributed by atoms with Crippen LogP contribution in [0.3, 0.4) is 0 Å². The number of hydrogen-bond donors (Lipinski definition) is 0. The molecule has 0 radical (unpaired) electrons. The zero-order valence-electron chi connectivity index (χ0n) is 10.2. The van der Waals surface area contributed by atoms with Crippen molar-refractivity contribution < 1.29 is 9.53 Å². The number of benzene rings is 1. The molecule has 0 aliphatic carbocycles. The van der Waals surface area contributed by atoms with Gasteiger partial charge in [-0.3, -0.25) is 4.79 Å². The molecular formula is C13H16Cl2O2. The molecule has 0 spiro atoms. The predicted molar refractivity (Wildman–Crippen MR) is 71.0 cm³/mol. The molecule has 0 saturated carbocycles. The summed E-state index contributed by atoms with van der Waals surface area (Å²) in [5, 5.41) is 0.835. The van der Waals surface area contributed by atoms with Crippen LogP contribution in [0.5, 0.6) is 5.75 Å². The first-order valence-electron chi connectivity index (χ1n) is 5.38. The maximum Gasteiger partial charge on any atom is 0.170 e. The van der Waals surface area contributed by atoms with Crippen molar-refractivity contribution in [3.8, 4) is 5.75 Å². The Balaban J connectivity index is 2.59. The summed E-state index contributed by atoms with van der Waals surface area (Å²) in [5.74, 6) is 0.409. The number of carbonyl (C=O) groups excluding carboxylic acids is 1. The number of ketones is 1. The van der Waals surface area contributed by atoms with Gasteiger partial charge in [-0.1, -0.05) is 50.0 Å². The molecule has 1 aromatic rings. The van der Waals surface area contributed by atoms with E-state index in [4.69, 9.17) is 27.9 Å². The van der Waals surface area contributed by atoms with E-state index in [-0.39, 0.29) is 17.8 Å². The molecule has 1 rings (SSSR count). The molecule has 0 atom stereocenters. The van der Waals surface area contributed by atoms with E-state index in [0.29, 0.717) is 22.2 Å². The molecule has 0 bridgehead atoms. The van der Waals surface area contributed by atoms with Crippen LogP contribution in [-0.4, -0.2) is 12.4 Å². The van der Waals surface area contributed by atoms with E-state index in [1.165, 1.54) is 0 Å². The highest BCUT2D eigenvalue weighted by Gasteiger charge is 2.17. The van der Waals surface area contributed by atoms with Crippen LogP contribution in [0.15, 0.2) is 18.2 Å². The van der Waals surface area contributed by atoms with Crippen LogP contribution in [0.2, 0.25) is 10.0 Å². The molecular weight excluding hydrogens is 259 g/mol. The van der Waals surface area contributed by atoms with E-state index in [1.54, 1.807) is 18.2 Å². The Hall–Kier alpha value is -0.730. The van der Waals surface area contributed by atoms with Crippen LogP contribution in [0, 0.1) is 5.41 Å². The van der Waals surface area contributed by atoms with E-state index in [9.17, 15) is 4.79 Å². The fourth-order valence-electron chi connectivity index (χ4n) is 1.42. The summed E-state index contributed by atoms with van der Waals surface area (Å²) in [7, 11) is 0. The second-order valence-electron chi connectivity index (χ2n) is 5.12. The average Bonchev–Trinajstić information content (AvgIpc) is 2.14. The lowest BCUT2D eigenvalue weighted by Gasteiger charge is -2.17. The Morgan fingerprint density at radius 3 is 2.24 bits per heavy atom. The Kier molecular flexibility index (Phi) is 4.84. The number of para-hydroxylation sites is 1. The van der Waals surface area contributed by atoms with Crippen LogP contribution < -0.4 is 4.74 Å². The molecule has 94 valence electrons. The van der Waals surface area contributed by atoms with Crippen LogP contribution in [0.4, 0.5) is 0 Å². The van der Waals surface area contributed by atoms with Gasteiger partial charge in [0.1, 0.15) is 6.61 Å². The largest absolute Gasteiger partial charge is 0.483 e. The third-order valence-electron chi connectivity index (χ3n) is 2.02. The van der Waals surface area contributed by atoms with E-state index >= 15 is 0 Å². The van der Waals surface area contributed by atoms with Crippen molar-refractivity contribution in [1.82, 2.24) is 0 Å². The molecule has 4 heteroatoms. The number of Topliss-reactive ketones (excluding diaryl/α,β-unsaturated/α-hetero) is 1. The van der Waals surface area contributed by atoms with Crippen molar-refractivity contribution in [3.05, 3.63) is 28.2 Å². The minimum Gasteiger partial charge on any atom is -0.483 e. The summed E-state index contributed by atoms with van der Waals surface area (Å²) < 4.78 is 5.36. The number of hydrogen-bond acceptors (Lipinski definition) is 2. The van der Waals surface area contributed by atoms with Crippen molar-refractivity contribution in [2.45, 2.75) is 27.2 Å². The fraction of sp³-hybridized carbons (Fsp3) is 0.462. The standard InChI is InChI=1S/C13H16Cl2O2/c1-13(2,3)7-9(16)8-17-12-10(14)5-4-6-11(12)15/h4-6H,7-8H2,1-3H3. The normalized spacial score (nSPS) is 11.4. The zero-order chi connectivity index (χ0) is 13.1. The van der Waals surface area contributed by atoms with E-state index < -0.39 is 0 Å². The summed E-state index contributed by atoms with van der Waals surface area (Å²) >= 11 is 11.9. The zero-order valence-corrected chi connectivity index (χ0v) is 11.7. The second-order valence-corrected chi connectivity index (χ2v) is 5.93. The highest BCUT2D eigenvalue weighted by Crippen LogP contribution is 2.32. The summed E-state index contributed by atoms with van der Waals surface area (Å²) in [5.41, 5.74) is -0.0370. The van der Waals surface area contributed by atoms with Gasteiger partial charge in [-0.15, -0.1) is 0 Å². The Bertz CT molecular complexity index is 388. The molecule has 0 fully saturated rings. The van der Waals surface area contributed by atoms with Crippen molar-refractivity contribution >= 4 is 29.0 Å². The Labute approximate surface area is 112 Å². The van der Waals surface area contributed by atoms with Crippen LogP contribution in [0.25, 0.3) is 0 Å². The van der Waals surface area contributed by atoms with Gasteiger partial charge < -0.3 is 4.74 Å². The van der Waals surface area contributed by atoms with Crippen molar-refractivity contribution in [2.24, 2.45) is 5.41 Å². The molecule has 0 heterocycles. The minimum absolute atomic E-state index is 0.000718. The molecule has 2 nitrogen and oxygen atoms in total. The lowest BCUT2D eigenvalue weighted by atomic mass is 9.90. The van der Waals surface area contributed by atoms with Crippen LogP contribution in [0.1, 0.15) is 27.2 Å². The number of halogens is 2. The molecule has 0 N–H and O–H groups in total. The van der Waals surface area contributed by atoms with Crippen LogP contribution >= 0.6 is 23.2 Å². The monoisotopic (exact) mass is 274 g/mol. The maximum atomic E-state index is 11.6. The van der Waals surface area contributed by atoms with Crippen molar-refractivity contribution in [1.29, 1.82) is 0 Å². The van der Waals surface area contributed by atoms with E-state index in [1.807, 2.05) is 20.8 Å². The lowest BCUT2D eigenvalue weighted by molar-refractivity contribution is -0.122. The average molecular weight is 275 g/mol. The number of carbonyl (C=O) groups is 1. The molecule has 1 aromatic carbocycles. The summed E-state index contributed by atoms with van der Waals surface area (Å²) in [6.07, 6.45) is 0.467. The number of ether oxygens (including phenoxy) is 1. The molecule has 0 aromatic heterocycles. The molecule has 0 amide bonds. The van der Waals surface area contributed by atoms with Gasteiger partial charge >= 0.3 is 0 Å². The third-order valence-corrected chi connectivity index (χ3v) is 2.62. The van der Waals surface area contributed by atoms with E-state index in [2.05, 4.69) is 0 Å². The van der Waals surface area contributed by atoms with Gasteiger partial charge in [0.2, 0.25) is 0 Å². The van der Waals surface area contributed by atoms with Gasteiger partial charge in [-0.2, -0.15) is 0 Å².